The van der Waals surface area contributed by atoms with Crippen LogP contribution in [0.5, 0.6) is 0 Å². The highest BCUT2D eigenvalue weighted by Gasteiger charge is 2.30. The number of carboxylic acid groups (broad SMARTS) is 1. The number of amides is 1. The minimum Gasteiger partial charge on any atom is -0.480 e. The number of nitrogens with zero attached hydrogens (tertiary/aromatic N) is 4. The van der Waals surface area contributed by atoms with E-state index in [0.717, 1.165) is 35.2 Å². The molecule has 4 rings (SSSR count). The largest absolute Gasteiger partial charge is 0.480 e. The lowest BCUT2D eigenvalue weighted by atomic mass is 10.1. The molecule has 0 aliphatic heterocycles. The number of sulfonamides is 1. The number of carboxylic acids is 1. The minimum atomic E-state index is -4.16. The number of anilines is 1. The molecule has 0 unspecified atom stereocenters. The van der Waals surface area contributed by atoms with Gasteiger partial charge in [-0.05, 0) is 68.7 Å². The Kier molecular flexibility index (Phi) is 9.04. The Labute approximate surface area is 239 Å². The Hall–Kier alpha value is -4.29. The normalized spacial score (nSPS) is 12.3. The van der Waals surface area contributed by atoms with E-state index in [2.05, 4.69) is 20.1 Å². The van der Waals surface area contributed by atoms with Crippen LogP contribution in [-0.4, -0.2) is 71.2 Å². The van der Waals surface area contributed by atoms with Gasteiger partial charge in [-0.25, -0.2) is 13.4 Å². The van der Waals surface area contributed by atoms with Gasteiger partial charge in [-0.1, -0.05) is 23.8 Å². The summed E-state index contributed by atoms with van der Waals surface area (Å²) >= 11 is 0. The molecule has 11 nitrogen and oxygen atoms in total. The Bertz CT molecular complexity index is 1650. The smallest absolute Gasteiger partial charge is 0.323 e. The van der Waals surface area contributed by atoms with Crippen molar-refractivity contribution >= 4 is 38.6 Å². The summed E-state index contributed by atoms with van der Waals surface area (Å²) in [4.78, 5) is 30.7. The number of benzene rings is 2. The minimum absolute atomic E-state index is 0.0401. The van der Waals surface area contributed by atoms with Crippen LogP contribution >= 0.6 is 0 Å². The number of aryl methyl sites for hydroxylation is 4. The molecule has 2 aromatic carbocycles. The van der Waals surface area contributed by atoms with Crippen LogP contribution in [0.3, 0.4) is 0 Å². The number of nitrogens with one attached hydrogen (secondary N) is 2. The van der Waals surface area contributed by atoms with Crippen LogP contribution in [0.25, 0.3) is 10.9 Å². The van der Waals surface area contributed by atoms with Crippen LogP contribution in [0.1, 0.15) is 33.5 Å². The van der Waals surface area contributed by atoms with Crippen molar-refractivity contribution in [1.29, 1.82) is 0 Å². The van der Waals surface area contributed by atoms with Crippen LogP contribution < -0.4 is 10.0 Å². The van der Waals surface area contributed by atoms with Gasteiger partial charge in [0.1, 0.15) is 11.9 Å². The van der Waals surface area contributed by atoms with Crippen molar-refractivity contribution in [3.8, 4) is 0 Å². The van der Waals surface area contributed by atoms with Gasteiger partial charge in [0.2, 0.25) is 10.0 Å². The zero-order chi connectivity index (χ0) is 29.7. The predicted molar refractivity (Wildman–Crippen MR) is 156 cm³/mol. The lowest BCUT2D eigenvalue weighted by molar-refractivity contribution is -0.139. The van der Waals surface area contributed by atoms with Crippen LogP contribution in [0.15, 0.2) is 65.8 Å². The SMILES string of the molecule is Cc1cc(C)c(S(=O)(=O)N[C@@H](CN(C)C(=O)c2ccc3c(cnn3CCCNc3ccccn3)c2)C(=O)O)c(C)c1. The van der Waals surface area contributed by atoms with E-state index in [1.165, 1.54) is 11.9 Å². The lowest BCUT2D eigenvalue weighted by Gasteiger charge is -2.23. The van der Waals surface area contributed by atoms with Crippen LogP contribution in [0.2, 0.25) is 0 Å². The third-order valence-corrected chi connectivity index (χ3v) is 8.45. The molecular weight excluding hydrogens is 544 g/mol. The Morgan fingerprint density at radius 2 is 1.80 bits per heavy atom. The lowest BCUT2D eigenvalue weighted by Crippen LogP contribution is -2.49. The van der Waals surface area contributed by atoms with E-state index in [4.69, 9.17) is 0 Å². The summed E-state index contributed by atoms with van der Waals surface area (Å²) in [6.45, 7) is 6.20. The number of rotatable bonds is 12. The van der Waals surface area contributed by atoms with Crippen molar-refractivity contribution in [1.82, 2.24) is 24.4 Å². The molecule has 0 fully saturated rings. The van der Waals surface area contributed by atoms with Gasteiger partial charge in [-0.15, -0.1) is 0 Å². The fourth-order valence-electron chi connectivity index (χ4n) is 4.89. The molecule has 0 bridgehead atoms. The molecule has 0 spiro atoms. The average molecular weight is 579 g/mol. The maximum Gasteiger partial charge on any atom is 0.323 e. The van der Waals surface area contributed by atoms with Crippen molar-refractivity contribution in [2.75, 3.05) is 25.5 Å². The molecule has 0 aliphatic rings. The van der Waals surface area contributed by atoms with E-state index in [1.807, 2.05) is 29.8 Å². The number of hydrogen-bond acceptors (Lipinski definition) is 7. The molecule has 0 saturated carbocycles. The van der Waals surface area contributed by atoms with Gasteiger partial charge in [0.15, 0.2) is 0 Å². The molecule has 12 heteroatoms. The van der Waals surface area contributed by atoms with Crippen LogP contribution in [0.4, 0.5) is 5.82 Å². The van der Waals surface area contributed by atoms with Gasteiger partial charge in [0, 0.05) is 43.8 Å². The Morgan fingerprint density at radius 1 is 1.07 bits per heavy atom. The summed E-state index contributed by atoms with van der Waals surface area (Å²) in [5, 5.41) is 18.2. The number of carbonyl (C=O) groups is 2. The second-order valence-electron chi connectivity index (χ2n) is 10.1. The zero-order valence-corrected chi connectivity index (χ0v) is 24.3. The van der Waals surface area contributed by atoms with E-state index in [9.17, 15) is 23.1 Å². The number of carbonyl (C=O) groups excluding carboxylic acids is 1. The maximum absolute atomic E-state index is 13.2. The van der Waals surface area contributed by atoms with Crippen molar-refractivity contribution in [3.63, 3.8) is 0 Å². The molecule has 0 radical (unpaired) electrons. The van der Waals surface area contributed by atoms with Gasteiger partial charge in [-0.2, -0.15) is 9.82 Å². The second kappa shape index (κ2) is 12.5. The number of hydrogen-bond donors (Lipinski definition) is 3. The summed E-state index contributed by atoms with van der Waals surface area (Å²) in [6.07, 6.45) is 4.22. The first kappa shape index (κ1) is 29.7. The highest BCUT2D eigenvalue weighted by atomic mass is 32.2. The Morgan fingerprint density at radius 3 is 2.46 bits per heavy atom. The third kappa shape index (κ3) is 7.08. The summed E-state index contributed by atoms with van der Waals surface area (Å²) < 4.78 is 30.4. The van der Waals surface area contributed by atoms with Gasteiger partial charge < -0.3 is 15.3 Å². The fraction of sp³-hybridized carbons (Fsp3) is 0.310. The predicted octanol–water partition coefficient (Wildman–Crippen LogP) is 3.36. The van der Waals surface area contributed by atoms with Crippen molar-refractivity contribution in [3.05, 3.63) is 83.2 Å². The number of likely N-dealkylation sites (N-methyl/N-ethyl adjacent to an activating group) is 1. The molecular formula is C29H34N6O5S. The van der Waals surface area contributed by atoms with Crippen molar-refractivity contribution < 1.29 is 23.1 Å². The summed E-state index contributed by atoms with van der Waals surface area (Å²) in [6, 6.07) is 12.7. The molecule has 2 aromatic heterocycles. The first-order chi connectivity index (χ1) is 19.5. The van der Waals surface area contributed by atoms with Gasteiger partial charge in [0.05, 0.1) is 16.6 Å². The standard InChI is InChI=1S/C29H34N6O5S/c1-19-14-20(2)27(21(3)15-19)41(39,40)33-24(29(37)38)18-34(4)28(36)22-9-10-25-23(16-22)17-32-35(25)13-7-12-31-26-8-5-6-11-30-26/h5-6,8-11,14-17,24,33H,7,12-13,18H2,1-4H3,(H,30,31)(H,37,38)/t24-/m0/s1. The van der Waals surface area contributed by atoms with Crippen molar-refractivity contribution in [2.45, 2.75) is 44.7 Å². The third-order valence-electron chi connectivity index (χ3n) is 6.68. The maximum atomic E-state index is 13.2. The molecule has 0 aliphatic carbocycles. The summed E-state index contributed by atoms with van der Waals surface area (Å²) in [5.74, 6) is -1.01. The Balaban J connectivity index is 1.41. The van der Waals surface area contributed by atoms with E-state index < -0.39 is 27.9 Å². The summed E-state index contributed by atoms with van der Waals surface area (Å²) in [5.41, 5.74) is 3.14. The van der Waals surface area contributed by atoms with Gasteiger partial charge in [-0.3, -0.25) is 14.3 Å². The number of fused-ring (bicyclic) bond motifs is 1. The van der Waals surface area contributed by atoms with Gasteiger partial charge >= 0.3 is 5.97 Å². The van der Waals surface area contributed by atoms with Crippen LogP contribution in [0, 0.1) is 20.8 Å². The van der Waals surface area contributed by atoms with Crippen molar-refractivity contribution in [2.24, 2.45) is 0 Å². The average Bonchev–Trinajstić information content (AvgIpc) is 3.32. The first-order valence-electron chi connectivity index (χ1n) is 13.1. The first-order valence-corrected chi connectivity index (χ1v) is 14.6. The van der Waals surface area contributed by atoms with E-state index in [1.54, 1.807) is 56.6 Å². The number of pyridine rings is 1. The molecule has 3 N–H and O–H groups in total. The highest BCUT2D eigenvalue weighted by Crippen LogP contribution is 2.22. The summed E-state index contributed by atoms with van der Waals surface area (Å²) in [7, 11) is -2.72. The molecule has 216 valence electrons. The zero-order valence-electron chi connectivity index (χ0n) is 23.5. The molecule has 1 amide bonds. The van der Waals surface area contributed by atoms with Crippen LogP contribution in [-0.2, 0) is 21.4 Å². The van der Waals surface area contributed by atoms with E-state index >= 15 is 0 Å². The van der Waals surface area contributed by atoms with E-state index in [0.29, 0.717) is 23.2 Å². The molecule has 0 saturated heterocycles. The fourth-order valence-corrected chi connectivity index (χ4v) is 6.52. The quantitative estimate of drug-likeness (QED) is 0.217. The molecule has 4 aromatic rings. The monoisotopic (exact) mass is 578 g/mol. The van der Waals surface area contributed by atoms with Gasteiger partial charge in [0.25, 0.3) is 5.91 Å². The molecule has 1 atom stereocenters. The molecule has 2 heterocycles. The van der Waals surface area contributed by atoms with E-state index in [-0.39, 0.29) is 11.4 Å². The highest BCUT2D eigenvalue weighted by molar-refractivity contribution is 7.89. The number of aliphatic carboxylic acids is 1. The molecule has 41 heavy (non-hydrogen) atoms. The number of aromatic nitrogens is 3. The topological polar surface area (TPSA) is 147 Å². The second-order valence-corrected chi connectivity index (χ2v) is 11.7.